The van der Waals surface area contributed by atoms with Gasteiger partial charge in [-0.2, -0.15) is 0 Å². The fraction of sp³-hybridized carbons (Fsp3) is 0.353. The average molecular weight is 264 g/mol. The maximum atomic E-state index is 12.4. The number of nitrogens with one attached hydrogen (secondary N) is 1. The summed E-state index contributed by atoms with van der Waals surface area (Å²) in [6.45, 7) is 1.03. The highest BCUT2D eigenvalue weighted by molar-refractivity contribution is 6.05. The number of amides is 1. The van der Waals surface area contributed by atoms with Gasteiger partial charge in [-0.1, -0.05) is 36.4 Å². The zero-order chi connectivity index (χ0) is 13.3. The third-order valence-electron chi connectivity index (χ3n) is 5.52. The first-order chi connectivity index (χ1) is 9.82. The van der Waals surface area contributed by atoms with Crippen LogP contribution in [-0.4, -0.2) is 24.5 Å². The lowest BCUT2D eigenvalue weighted by atomic mass is 9.63. The number of carbonyl (C=O) groups is 1. The first-order valence-electron chi connectivity index (χ1n) is 7.35. The van der Waals surface area contributed by atoms with Crippen LogP contribution >= 0.6 is 0 Å². The van der Waals surface area contributed by atoms with Gasteiger partial charge < -0.3 is 10.2 Å². The van der Waals surface area contributed by atoms with E-state index < -0.39 is 0 Å². The Bertz CT molecular complexity index is 677. The lowest BCUT2D eigenvalue weighted by molar-refractivity contribution is -0.115. The largest absolute Gasteiger partial charge is 0.310 e. The third kappa shape index (κ3) is 1.02. The molecule has 1 aromatic carbocycles. The first-order valence-corrected chi connectivity index (χ1v) is 7.35. The Morgan fingerprint density at radius 2 is 2.10 bits per heavy atom. The first kappa shape index (κ1) is 10.9. The molecular weight excluding hydrogens is 248 g/mol. The molecule has 0 radical (unpaired) electrons. The molecule has 3 aliphatic heterocycles. The van der Waals surface area contributed by atoms with Gasteiger partial charge >= 0.3 is 0 Å². The summed E-state index contributed by atoms with van der Waals surface area (Å²) < 4.78 is 0. The van der Waals surface area contributed by atoms with Crippen molar-refractivity contribution in [1.29, 1.82) is 0 Å². The van der Waals surface area contributed by atoms with Crippen LogP contribution in [0.15, 0.2) is 48.6 Å². The molecule has 0 saturated carbocycles. The summed E-state index contributed by atoms with van der Waals surface area (Å²) in [4.78, 5) is 14.5. The van der Waals surface area contributed by atoms with E-state index in [1.807, 2.05) is 11.0 Å². The SMILES string of the molecule is O=C1C=CC2C=CC3NCC[C@@]34c3ccccc3N1[C@@H]24. The summed E-state index contributed by atoms with van der Waals surface area (Å²) in [5, 5.41) is 3.62. The monoisotopic (exact) mass is 264 g/mol. The molecule has 3 heteroatoms. The fourth-order valence-electron chi connectivity index (χ4n) is 4.82. The minimum absolute atomic E-state index is 0.0659. The highest BCUT2D eigenvalue weighted by atomic mass is 16.2. The second kappa shape index (κ2) is 3.41. The molecule has 1 fully saturated rings. The summed E-state index contributed by atoms with van der Waals surface area (Å²) in [5.41, 5.74) is 2.54. The van der Waals surface area contributed by atoms with Crippen molar-refractivity contribution in [2.24, 2.45) is 5.92 Å². The molecule has 3 nitrogen and oxygen atoms in total. The van der Waals surface area contributed by atoms with Crippen LogP contribution in [0.5, 0.6) is 0 Å². The Balaban J connectivity index is 1.86. The Morgan fingerprint density at radius 3 is 3.05 bits per heavy atom. The van der Waals surface area contributed by atoms with Crippen LogP contribution in [0.1, 0.15) is 12.0 Å². The summed E-state index contributed by atoms with van der Waals surface area (Å²) in [5.74, 6) is 0.479. The van der Waals surface area contributed by atoms with Crippen LogP contribution in [-0.2, 0) is 10.2 Å². The van der Waals surface area contributed by atoms with Gasteiger partial charge in [-0.3, -0.25) is 4.79 Å². The van der Waals surface area contributed by atoms with E-state index in [0.29, 0.717) is 12.0 Å². The number of anilines is 1. The number of hydrogen-bond donors (Lipinski definition) is 1. The van der Waals surface area contributed by atoms with E-state index in [0.717, 1.165) is 18.7 Å². The standard InChI is InChI=1S/C17H16N2O/c20-15-8-6-11-5-7-14-17(9-10-18-14)12-3-1-2-4-13(12)19(15)16(11)17/h1-8,11,14,16,18H,9-10H2/t11?,14?,16-,17+/m0/s1. The summed E-state index contributed by atoms with van der Waals surface area (Å²) in [7, 11) is 0. The second-order valence-corrected chi connectivity index (χ2v) is 6.21. The van der Waals surface area contributed by atoms with Crippen molar-refractivity contribution in [1.82, 2.24) is 5.32 Å². The fourth-order valence-corrected chi connectivity index (χ4v) is 4.82. The van der Waals surface area contributed by atoms with E-state index >= 15 is 0 Å². The van der Waals surface area contributed by atoms with Crippen LogP contribution in [0.4, 0.5) is 5.69 Å². The molecular formula is C17H16N2O. The molecule has 1 N–H and O–H groups in total. The molecule has 1 amide bonds. The molecule has 1 aromatic rings. The minimum Gasteiger partial charge on any atom is -0.310 e. The van der Waals surface area contributed by atoms with E-state index in [2.05, 4.69) is 41.7 Å². The van der Waals surface area contributed by atoms with Crippen molar-refractivity contribution in [2.45, 2.75) is 23.9 Å². The van der Waals surface area contributed by atoms with Crippen molar-refractivity contribution >= 4 is 11.6 Å². The summed E-state index contributed by atoms with van der Waals surface area (Å²) >= 11 is 0. The van der Waals surface area contributed by atoms with Crippen molar-refractivity contribution in [3.8, 4) is 0 Å². The smallest absolute Gasteiger partial charge is 0.251 e. The molecule has 0 bridgehead atoms. The summed E-state index contributed by atoms with van der Waals surface area (Å²) in [6, 6.07) is 9.07. The van der Waals surface area contributed by atoms with Gasteiger partial charge in [-0.05, 0) is 24.6 Å². The lowest BCUT2D eigenvalue weighted by Crippen LogP contribution is -2.58. The van der Waals surface area contributed by atoms with E-state index in [9.17, 15) is 4.79 Å². The van der Waals surface area contributed by atoms with Crippen molar-refractivity contribution in [2.75, 3.05) is 11.4 Å². The number of rotatable bonds is 0. The Morgan fingerprint density at radius 1 is 1.20 bits per heavy atom. The minimum atomic E-state index is 0.0659. The van der Waals surface area contributed by atoms with E-state index in [4.69, 9.17) is 0 Å². The molecule has 2 unspecified atom stereocenters. The van der Waals surface area contributed by atoms with Gasteiger partial charge in [-0.15, -0.1) is 0 Å². The lowest BCUT2D eigenvalue weighted by Gasteiger charge is -2.45. The highest BCUT2D eigenvalue weighted by Gasteiger charge is 2.61. The third-order valence-corrected chi connectivity index (χ3v) is 5.52. The summed E-state index contributed by atoms with van der Waals surface area (Å²) in [6.07, 6.45) is 9.52. The van der Waals surface area contributed by atoms with E-state index in [1.165, 1.54) is 5.56 Å². The van der Waals surface area contributed by atoms with Crippen LogP contribution in [0.3, 0.4) is 0 Å². The van der Waals surface area contributed by atoms with E-state index in [-0.39, 0.29) is 17.4 Å². The molecule has 4 aliphatic rings. The van der Waals surface area contributed by atoms with Crippen molar-refractivity contribution < 1.29 is 4.79 Å². The molecule has 3 heterocycles. The quantitative estimate of drug-likeness (QED) is 0.724. The molecule has 0 aromatic heterocycles. The number of hydrogen-bond acceptors (Lipinski definition) is 2. The number of carbonyl (C=O) groups excluding carboxylic acids is 1. The topological polar surface area (TPSA) is 32.3 Å². The Kier molecular flexibility index (Phi) is 1.85. The van der Waals surface area contributed by atoms with Gasteiger partial charge in [0.05, 0.1) is 6.04 Å². The van der Waals surface area contributed by atoms with Crippen molar-refractivity contribution in [3.05, 3.63) is 54.1 Å². The van der Waals surface area contributed by atoms with Gasteiger partial charge in [-0.25, -0.2) is 0 Å². The van der Waals surface area contributed by atoms with Gasteiger partial charge in [0.15, 0.2) is 0 Å². The Labute approximate surface area is 118 Å². The van der Waals surface area contributed by atoms with E-state index in [1.54, 1.807) is 6.08 Å². The molecule has 20 heavy (non-hydrogen) atoms. The maximum Gasteiger partial charge on any atom is 0.251 e. The zero-order valence-electron chi connectivity index (χ0n) is 11.1. The van der Waals surface area contributed by atoms with Crippen molar-refractivity contribution in [3.63, 3.8) is 0 Å². The van der Waals surface area contributed by atoms with Gasteiger partial charge in [0.25, 0.3) is 5.91 Å². The average Bonchev–Trinajstić information content (AvgIpc) is 3.04. The number of para-hydroxylation sites is 1. The number of nitrogens with zero attached hydrogens (tertiary/aromatic N) is 1. The maximum absolute atomic E-state index is 12.4. The second-order valence-electron chi connectivity index (χ2n) is 6.21. The number of benzene rings is 1. The van der Waals surface area contributed by atoms with Gasteiger partial charge in [0.1, 0.15) is 0 Å². The van der Waals surface area contributed by atoms with Gasteiger partial charge in [0, 0.05) is 29.1 Å². The number of fused-ring (bicyclic) bond motifs is 2. The molecule has 5 rings (SSSR count). The van der Waals surface area contributed by atoms with Crippen LogP contribution in [0.2, 0.25) is 0 Å². The normalized spacial score (nSPS) is 39.7. The molecule has 1 saturated heterocycles. The van der Waals surface area contributed by atoms with Gasteiger partial charge in [0.2, 0.25) is 0 Å². The molecule has 4 atom stereocenters. The van der Waals surface area contributed by atoms with Crippen LogP contribution in [0, 0.1) is 5.92 Å². The predicted molar refractivity (Wildman–Crippen MR) is 77.6 cm³/mol. The molecule has 1 aliphatic carbocycles. The molecule has 100 valence electrons. The van der Waals surface area contributed by atoms with Crippen LogP contribution in [0.25, 0.3) is 0 Å². The Hall–Kier alpha value is -1.87. The van der Waals surface area contributed by atoms with Crippen LogP contribution < -0.4 is 10.2 Å². The highest BCUT2D eigenvalue weighted by Crippen LogP contribution is 2.56. The molecule has 1 spiro atoms. The predicted octanol–water partition coefficient (Wildman–Crippen LogP) is 1.76. The zero-order valence-corrected chi connectivity index (χ0v) is 11.1.